The monoisotopic (exact) mass is 281 g/mol. The van der Waals surface area contributed by atoms with E-state index in [4.69, 9.17) is 18.0 Å². The van der Waals surface area contributed by atoms with E-state index in [0.29, 0.717) is 25.9 Å². The number of amides is 1. The van der Waals surface area contributed by atoms with Crippen LogP contribution in [0.3, 0.4) is 0 Å². The molecule has 0 fully saturated rings. The summed E-state index contributed by atoms with van der Waals surface area (Å²) < 4.78 is 23.8. The maximum Gasteiger partial charge on any atom is 0.229 e. The van der Waals surface area contributed by atoms with Crippen LogP contribution in [0.5, 0.6) is 0 Å². The molecule has 0 spiro atoms. The minimum atomic E-state index is -3.16. The first-order valence-electron chi connectivity index (χ1n) is 5.29. The lowest BCUT2D eigenvalue weighted by molar-refractivity contribution is -0.123. The second-order valence-electron chi connectivity index (χ2n) is 3.67. The summed E-state index contributed by atoms with van der Waals surface area (Å²) in [6, 6.07) is 0. The molecule has 0 radical (unpaired) electrons. The average molecular weight is 281 g/mol. The highest BCUT2D eigenvalue weighted by Gasteiger charge is 2.18. The summed E-state index contributed by atoms with van der Waals surface area (Å²) in [6.45, 7) is 2.51. The smallest absolute Gasteiger partial charge is 0.229 e. The number of nitrogens with two attached hydrogens (primary N) is 1. The second kappa shape index (κ2) is 7.57. The summed E-state index contributed by atoms with van der Waals surface area (Å²) in [4.78, 5) is 11.7. The molecule has 0 aromatic rings. The first-order chi connectivity index (χ1) is 7.78. The zero-order valence-corrected chi connectivity index (χ0v) is 11.7. The van der Waals surface area contributed by atoms with Crippen LogP contribution < -0.4 is 15.8 Å². The average Bonchev–Trinajstić information content (AvgIpc) is 2.15. The Kier molecular flexibility index (Phi) is 7.24. The molecule has 1 unspecified atom stereocenters. The normalized spacial score (nSPS) is 13.1. The summed E-state index contributed by atoms with van der Waals surface area (Å²) in [5, 5.41) is 2.66. The predicted molar refractivity (Wildman–Crippen MR) is 71.0 cm³/mol. The fraction of sp³-hybridized carbons (Fsp3) is 0.778. The first-order valence-corrected chi connectivity index (χ1v) is 7.59. The van der Waals surface area contributed by atoms with Crippen LogP contribution in [0.25, 0.3) is 0 Å². The van der Waals surface area contributed by atoms with E-state index in [-0.39, 0.29) is 10.9 Å². The van der Waals surface area contributed by atoms with Crippen molar-refractivity contribution in [2.24, 2.45) is 11.7 Å². The highest BCUT2D eigenvalue weighted by Crippen LogP contribution is 2.02. The van der Waals surface area contributed by atoms with E-state index < -0.39 is 15.9 Å². The number of rotatable bonds is 8. The van der Waals surface area contributed by atoms with Gasteiger partial charge in [-0.05, 0) is 12.8 Å². The van der Waals surface area contributed by atoms with Crippen molar-refractivity contribution in [3.05, 3.63) is 0 Å². The van der Waals surface area contributed by atoms with Gasteiger partial charge in [0.25, 0.3) is 0 Å². The van der Waals surface area contributed by atoms with Crippen LogP contribution in [-0.2, 0) is 14.8 Å². The number of thiocarbonyl (C=S) groups is 1. The zero-order chi connectivity index (χ0) is 13.5. The number of hydrogen-bond donors (Lipinski definition) is 3. The van der Waals surface area contributed by atoms with E-state index >= 15 is 0 Å². The van der Waals surface area contributed by atoms with Crippen molar-refractivity contribution in [1.29, 1.82) is 0 Å². The molecule has 1 atom stereocenters. The molecule has 4 N–H and O–H groups in total. The summed E-state index contributed by atoms with van der Waals surface area (Å²) in [5.74, 6) is -0.660. The van der Waals surface area contributed by atoms with Gasteiger partial charge in [-0.1, -0.05) is 19.1 Å². The molecular weight excluding hydrogens is 262 g/mol. The fourth-order valence-corrected chi connectivity index (χ4v) is 1.99. The number of hydrogen-bond acceptors (Lipinski definition) is 4. The zero-order valence-electron chi connectivity index (χ0n) is 10.0. The number of nitrogens with one attached hydrogen (secondary N) is 2. The van der Waals surface area contributed by atoms with Gasteiger partial charge in [0, 0.05) is 13.1 Å². The Morgan fingerprint density at radius 1 is 1.41 bits per heavy atom. The van der Waals surface area contributed by atoms with E-state index in [1.165, 1.54) is 0 Å². The maximum absolute atomic E-state index is 11.6. The van der Waals surface area contributed by atoms with E-state index in [1.54, 1.807) is 0 Å². The molecule has 0 aliphatic rings. The minimum absolute atomic E-state index is 0.180. The molecule has 8 heteroatoms. The quantitative estimate of drug-likeness (QED) is 0.405. The Labute approximate surface area is 107 Å². The van der Waals surface area contributed by atoms with Gasteiger partial charge in [0.05, 0.1) is 17.2 Å². The summed E-state index contributed by atoms with van der Waals surface area (Å²) in [6.07, 6.45) is 2.17. The number of sulfonamides is 1. The molecule has 0 aliphatic heterocycles. The molecular formula is C9H19N3O3S2. The Morgan fingerprint density at radius 2 is 2.00 bits per heavy atom. The van der Waals surface area contributed by atoms with Gasteiger partial charge in [0.2, 0.25) is 15.9 Å². The third-order valence-corrected chi connectivity index (χ3v) is 3.10. The van der Waals surface area contributed by atoms with Gasteiger partial charge in [-0.3, -0.25) is 4.79 Å². The van der Waals surface area contributed by atoms with Gasteiger partial charge in [-0.25, -0.2) is 13.1 Å². The molecule has 1 amide bonds. The number of carbonyl (C=O) groups excluding carboxylic acids is 1. The Hall–Kier alpha value is -0.730. The van der Waals surface area contributed by atoms with Crippen molar-refractivity contribution in [1.82, 2.24) is 10.0 Å². The van der Waals surface area contributed by atoms with Crippen molar-refractivity contribution >= 4 is 33.1 Å². The van der Waals surface area contributed by atoms with E-state index in [2.05, 4.69) is 10.0 Å². The van der Waals surface area contributed by atoms with Crippen molar-refractivity contribution in [2.45, 2.75) is 19.8 Å². The first kappa shape index (κ1) is 16.3. The maximum atomic E-state index is 11.6. The van der Waals surface area contributed by atoms with Gasteiger partial charge < -0.3 is 11.1 Å². The van der Waals surface area contributed by atoms with E-state index in [0.717, 1.165) is 6.26 Å². The van der Waals surface area contributed by atoms with Crippen molar-refractivity contribution in [2.75, 3.05) is 19.3 Å². The molecule has 100 valence electrons. The van der Waals surface area contributed by atoms with Crippen LogP contribution in [0.4, 0.5) is 0 Å². The Bertz CT molecular complexity index is 368. The fourth-order valence-electron chi connectivity index (χ4n) is 1.20. The minimum Gasteiger partial charge on any atom is -0.393 e. The lowest BCUT2D eigenvalue weighted by Gasteiger charge is -2.13. The van der Waals surface area contributed by atoms with Gasteiger partial charge in [0.15, 0.2) is 0 Å². The third kappa shape index (κ3) is 8.06. The predicted octanol–water partition coefficient (Wildman–Crippen LogP) is -0.646. The van der Waals surface area contributed by atoms with Crippen LogP contribution in [0, 0.1) is 5.92 Å². The van der Waals surface area contributed by atoms with E-state index in [1.807, 2.05) is 6.92 Å². The molecule has 0 aromatic carbocycles. The summed E-state index contributed by atoms with van der Waals surface area (Å²) >= 11 is 4.77. The van der Waals surface area contributed by atoms with Crippen molar-refractivity contribution in [3.8, 4) is 0 Å². The van der Waals surface area contributed by atoms with Crippen LogP contribution in [0.1, 0.15) is 19.8 Å². The highest BCUT2D eigenvalue weighted by molar-refractivity contribution is 7.88. The Morgan fingerprint density at radius 3 is 2.41 bits per heavy atom. The van der Waals surface area contributed by atoms with Gasteiger partial charge >= 0.3 is 0 Å². The highest BCUT2D eigenvalue weighted by atomic mass is 32.2. The standard InChI is InChI=1S/C9H19N3O3S2/c1-3-7(8(10)16)9(13)11-5-4-6-12-17(2,14)15/h7,12H,3-6H2,1-2H3,(H2,10,16)(H,11,13). The molecule has 0 heterocycles. The molecule has 0 aromatic heterocycles. The summed E-state index contributed by atoms with van der Waals surface area (Å²) in [5.41, 5.74) is 5.41. The lowest BCUT2D eigenvalue weighted by atomic mass is 10.1. The topological polar surface area (TPSA) is 101 Å². The van der Waals surface area contributed by atoms with Crippen molar-refractivity contribution in [3.63, 3.8) is 0 Å². The van der Waals surface area contributed by atoms with Gasteiger partial charge in [-0.15, -0.1) is 0 Å². The van der Waals surface area contributed by atoms with Crippen LogP contribution in [0.15, 0.2) is 0 Å². The summed E-state index contributed by atoms with van der Waals surface area (Å²) in [7, 11) is -3.16. The second-order valence-corrected chi connectivity index (χ2v) is 5.98. The molecule has 17 heavy (non-hydrogen) atoms. The lowest BCUT2D eigenvalue weighted by Crippen LogP contribution is -2.38. The van der Waals surface area contributed by atoms with Crippen LogP contribution in [0.2, 0.25) is 0 Å². The van der Waals surface area contributed by atoms with Crippen LogP contribution in [-0.4, -0.2) is 38.7 Å². The van der Waals surface area contributed by atoms with E-state index in [9.17, 15) is 13.2 Å². The Balaban J connectivity index is 3.82. The molecule has 0 rings (SSSR count). The molecule has 0 saturated carbocycles. The molecule has 0 bridgehead atoms. The number of carbonyl (C=O) groups is 1. The SMILES string of the molecule is CCC(C(=O)NCCCNS(C)(=O)=O)C(N)=S. The largest absolute Gasteiger partial charge is 0.393 e. The van der Waals surface area contributed by atoms with Gasteiger partial charge in [-0.2, -0.15) is 0 Å². The van der Waals surface area contributed by atoms with Gasteiger partial charge in [0.1, 0.15) is 0 Å². The molecule has 0 saturated heterocycles. The van der Waals surface area contributed by atoms with Crippen molar-refractivity contribution < 1.29 is 13.2 Å². The third-order valence-electron chi connectivity index (χ3n) is 2.09. The van der Waals surface area contributed by atoms with Crippen LogP contribution >= 0.6 is 12.2 Å². The molecule has 0 aliphatic carbocycles. The molecule has 6 nitrogen and oxygen atoms in total.